The van der Waals surface area contributed by atoms with Gasteiger partial charge < -0.3 is 13.9 Å². The van der Waals surface area contributed by atoms with Gasteiger partial charge in [0.25, 0.3) is 0 Å². The maximum atomic E-state index is 6.42. The molecule has 10 aromatic carbocycles. The number of rotatable bonds is 7. The Labute approximate surface area is 353 Å². The summed E-state index contributed by atoms with van der Waals surface area (Å²) >= 11 is 0. The van der Waals surface area contributed by atoms with Crippen molar-refractivity contribution in [2.24, 2.45) is 0 Å². The molecule has 0 N–H and O–H groups in total. The molecule has 0 radical (unpaired) electrons. The number of benzene rings is 10. The summed E-state index contributed by atoms with van der Waals surface area (Å²) in [5.41, 5.74) is 15.6. The third-order valence-electron chi connectivity index (χ3n) is 12.2. The first-order valence-corrected chi connectivity index (χ1v) is 20.8. The predicted molar refractivity (Wildman–Crippen MR) is 257 cm³/mol. The topological polar surface area (TPSA) is 21.3 Å². The molecule has 2 aromatic heterocycles. The lowest BCUT2D eigenvalue weighted by Gasteiger charge is -2.26. The van der Waals surface area contributed by atoms with Crippen LogP contribution in [0, 0.1) is 0 Å². The molecule has 0 aliphatic carbocycles. The molecule has 0 aliphatic heterocycles. The van der Waals surface area contributed by atoms with Crippen molar-refractivity contribution in [3.8, 4) is 39.1 Å². The van der Waals surface area contributed by atoms with Crippen molar-refractivity contribution in [3.05, 3.63) is 231 Å². The van der Waals surface area contributed by atoms with Gasteiger partial charge >= 0.3 is 0 Å². The van der Waals surface area contributed by atoms with Crippen LogP contribution < -0.4 is 4.90 Å². The summed E-state index contributed by atoms with van der Waals surface area (Å²) < 4.78 is 8.81. The highest BCUT2D eigenvalue weighted by atomic mass is 16.3. The van der Waals surface area contributed by atoms with E-state index in [1.165, 1.54) is 60.5 Å². The van der Waals surface area contributed by atoms with Gasteiger partial charge in [-0.25, -0.2) is 0 Å². The van der Waals surface area contributed by atoms with Gasteiger partial charge in [0.2, 0.25) is 0 Å². The van der Waals surface area contributed by atoms with Crippen LogP contribution in [0.3, 0.4) is 0 Å². The first kappa shape index (κ1) is 34.9. The van der Waals surface area contributed by atoms with E-state index in [9.17, 15) is 0 Å². The number of nitrogens with zero attached hydrogens (tertiary/aromatic N) is 2. The minimum absolute atomic E-state index is 0.905. The first-order valence-electron chi connectivity index (χ1n) is 20.8. The molecule has 0 unspecified atom stereocenters. The number of fused-ring (bicyclic) bond motifs is 7. The van der Waals surface area contributed by atoms with Crippen molar-refractivity contribution in [2.45, 2.75) is 0 Å². The van der Waals surface area contributed by atoms with Gasteiger partial charge in [0.05, 0.1) is 11.0 Å². The van der Waals surface area contributed by atoms with Gasteiger partial charge in [0, 0.05) is 49.9 Å². The number of anilines is 3. The average molecular weight is 779 g/mol. The van der Waals surface area contributed by atoms with Gasteiger partial charge in [-0.1, -0.05) is 158 Å². The van der Waals surface area contributed by atoms with E-state index in [-0.39, 0.29) is 0 Å². The molecule has 0 saturated carbocycles. The molecule has 0 aliphatic rings. The number of furan rings is 1. The Morgan fingerprint density at radius 1 is 0.328 bits per heavy atom. The van der Waals surface area contributed by atoms with E-state index in [4.69, 9.17) is 4.42 Å². The summed E-state index contributed by atoms with van der Waals surface area (Å²) in [5.74, 6) is 0. The molecule has 3 nitrogen and oxygen atoms in total. The largest absolute Gasteiger partial charge is 0.455 e. The third-order valence-corrected chi connectivity index (χ3v) is 12.2. The highest BCUT2D eigenvalue weighted by molar-refractivity contribution is 6.11. The van der Waals surface area contributed by atoms with Crippen LogP contribution in [0.25, 0.3) is 93.6 Å². The molecule has 0 fully saturated rings. The molecule has 0 atom stereocenters. The quantitative estimate of drug-likeness (QED) is 0.161. The fourth-order valence-electron chi connectivity index (χ4n) is 9.19. The third kappa shape index (κ3) is 5.98. The maximum Gasteiger partial charge on any atom is 0.143 e. The Balaban J connectivity index is 0.927. The standard InChI is InChI=1S/C58H38N2O/c1-2-11-39(12-3-1)41-21-29-46(30-22-41)59(48-33-26-43(27-34-48)50-17-10-18-53-52-16-7-9-20-57(52)61-58(50)53)47-31-23-42(24-32-47)45-28-36-56-54(38-45)51-15-6-8-19-55(51)60(56)49-35-25-40-13-4-5-14-44(40)37-49/h1-38H. The average Bonchev–Trinajstić information content (AvgIpc) is 3.88. The summed E-state index contributed by atoms with van der Waals surface area (Å²) in [6, 6.07) is 82.9. The van der Waals surface area contributed by atoms with Crippen LogP contribution in [-0.2, 0) is 0 Å². The highest BCUT2D eigenvalue weighted by Gasteiger charge is 2.17. The van der Waals surface area contributed by atoms with Gasteiger partial charge in [-0.15, -0.1) is 0 Å². The zero-order valence-electron chi connectivity index (χ0n) is 33.2. The molecule has 3 heteroatoms. The van der Waals surface area contributed by atoms with Crippen LogP contribution in [0.4, 0.5) is 17.1 Å². The van der Waals surface area contributed by atoms with E-state index in [2.05, 4.69) is 228 Å². The van der Waals surface area contributed by atoms with Crippen molar-refractivity contribution in [3.63, 3.8) is 0 Å². The van der Waals surface area contributed by atoms with E-state index < -0.39 is 0 Å². The summed E-state index contributed by atoms with van der Waals surface area (Å²) in [5, 5.41) is 7.23. The maximum absolute atomic E-state index is 6.42. The van der Waals surface area contributed by atoms with Crippen molar-refractivity contribution < 1.29 is 4.42 Å². The van der Waals surface area contributed by atoms with E-state index in [1.807, 2.05) is 12.1 Å². The van der Waals surface area contributed by atoms with Crippen molar-refractivity contribution in [1.29, 1.82) is 0 Å². The highest BCUT2D eigenvalue weighted by Crippen LogP contribution is 2.41. The molecule has 12 rings (SSSR count). The monoisotopic (exact) mass is 778 g/mol. The molecular formula is C58H38N2O. The predicted octanol–water partition coefficient (Wildman–Crippen LogP) is 16.3. The second kappa shape index (κ2) is 14.3. The van der Waals surface area contributed by atoms with Gasteiger partial charge in [-0.05, 0) is 111 Å². The molecule has 2 heterocycles. The van der Waals surface area contributed by atoms with Gasteiger partial charge in [-0.3, -0.25) is 0 Å². The first-order chi connectivity index (χ1) is 30.2. The fourth-order valence-corrected chi connectivity index (χ4v) is 9.19. The minimum atomic E-state index is 0.905. The molecule has 0 amide bonds. The van der Waals surface area contributed by atoms with Gasteiger partial charge in [0.1, 0.15) is 11.2 Å². The lowest BCUT2D eigenvalue weighted by Crippen LogP contribution is -2.09. The number of aromatic nitrogens is 1. The van der Waals surface area contributed by atoms with Crippen LogP contribution in [0.1, 0.15) is 0 Å². The van der Waals surface area contributed by atoms with Crippen LogP contribution in [0.15, 0.2) is 235 Å². The smallest absolute Gasteiger partial charge is 0.143 e. The Kier molecular flexibility index (Phi) is 8.17. The molecule has 0 spiro atoms. The molecule has 0 bridgehead atoms. The lowest BCUT2D eigenvalue weighted by atomic mass is 10.0. The summed E-state index contributed by atoms with van der Waals surface area (Å²) in [6.07, 6.45) is 0. The number of para-hydroxylation sites is 3. The van der Waals surface area contributed by atoms with Crippen molar-refractivity contribution in [2.75, 3.05) is 4.90 Å². The van der Waals surface area contributed by atoms with Crippen LogP contribution in [0.2, 0.25) is 0 Å². The number of hydrogen-bond acceptors (Lipinski definition) is 2. The van der Waals surface area contributed by atoms with E-state index in [0.717, 1.165) is 50.1 Å². The van der Waals surface area contributed by atoms with Crippen LogP contribution in [-0.4, -0.2) is 4.57 Å². The van der Waals surface area contributed by atoms with Crippen molar-refractivity contribution in [1.82, 2.24) is 4.57 Å². The Morgan fingerprint density at radius 2 is 0.885 bits per heavy atom. The molecule has 61 heavy (non-hydrogen) atoms. The van der Waals surface area contributed by atoms with E-state index in [1.54, 1.807) is 0 Å². The number of hydrogen-bond donors (Lipinski definition) is 0. The molecule has 286 valence electrons. The second-order valence-corrected chi connectivity index (χ2v) is 15.7. The lowest BCUT2D eigenvalue weighted by molar-refractivity contribution is 0.670. The summed E-state index contributed by atoms with van der Waals surface area (Å²) in [4.78, 5) is 2.34. The van der Waals surface area contributed by atoms with E-state index in [0.29, 0.717) is 0 Å². The fraction of sp³-hybridized carbons (Fsp3) is 0. The second-order valence-electron chi connectivity index (χ2n) is 15.7. The van der Waals surface area contributed by atoms with Gasteiger partial charge in [-0.2, -0.15) is 0 Å². The SMILES string of the molecule is c1ccc(-c2ccc(N(c3ccc(-c4ccc5c(c4)c4ccccc4n5-c4ccc5ccccc5c4)cc3)c3ccc(-c4cccc5c4oc4ccccc45)cc3)cc2)cc1. The molecular weight excluding hydrogens is 741 g/mol. The van der Waals surface area contributed by atoms with Crippen LogP contribution in [0.5, 0.6) is 0 Å². The van der Waals surface area contributed by atoms with E-state index >= 15 is 0 Å². The Morgan fingerprint density at radius 3 is 1.64 bits per heavy atom. The molecule has 0 saturated heterocycles. The normalized spacial score (nSPS) is 11.6. The molecule has 12 aromatic rings. The van der Waals surface area contributed by atoms with Crippen LogP contribution >= 0.6 is 0 Å². The zero-order chi connectivity index (χ0) is 40.3. The minimum Gasteiger partial charge on any atom is -0.455 e. The van der Waals surface area contributed by atoms with Crippen molar-refractivity contribution >= 4 is 71.6 Å². The summed E-state index contributed by atoms with van der Waals surface area (Å²) in [7, 11) is 0. The summed E-state index contributed by atoms with van der Waals surface area (Å²) in [6.45, 7) is 0. The Hall–Kier alpha value is -8.14. The van der Waals surface area contributed by atoms with Gasteiger partial charge in [0.15, 0.2) is 0 Å². The Bertz CT molecular complexity index is 3560. The zero-order valence-corrected chi connectivity index (χ0v) is 33.2.